The number of aryl methyl sites for hydroxylation is 1. The Morgan fingerprint density at radius 2 is 1.94 bits per heavy atom. The second-order valence-electron chi connectivity index (χ2n) is 4.26. The van der Waals surface area contributed by atoms with E-state index in [0.29, 0.717) is 0 Å². The molecule has 1 fully saturated rings. The van der Waals surface area contributed by atoms with Gasteiger partial charge in [-0.05, 0) is 31.4 Å². The van der Waals surface area contributed by atoms with Crippen molar-refractivity contribution in [2.45, 2.75) is 33.6 Å². The first kappa shape index (κ1) is 12.0. The van der Waals surface area contributed by atoms with Gasteiger partial charge in [0.05, 0.1) is 11.9 Å². The highest BCUT2D eigenvalue weighted by molar-refractivity contribution is 5.82. The third-order valence-electron chi connectivity index (χ3n) is 3.19. The molecule has 0 radical (unpaired) electrons. The molecule has 0 saturated carbocycles. The SMILES string of the molecule is CC.Cc1c[nH]c2ncc(N3CCCC3)cc12. The minimum Gasteiger partial charge on any atom is -0.370 e. The fraction of sp³-hybridized carbons (Fsp3) is 0.500. The minimum atomic E-state index is 0.996. The van der Waals surface area contributed by atoms with Crippen molar-refractivity contribution < 1.29 is 0 Å². The molecule has 2 aromatic rings. The normalized spacial score (nSPS) is 14.9. The molecule has 2 aromatic heterocycles. The number of aromatic nitrogens is 2. The first-order valence-corrected chi connectivity index (χ1v) is 6.53. The van der Waals surface area contributed by atoms with Crippen LogP contribution in [0.2, 0.25) is 0 Å². The Morgan fingerprint density at radius 3 is 2.65 bits per heavy atom. The molecule has 1 aliphatic rings. The van der Waals surface area contributed by atoms with Crippen molar-refractivity contribution in [2.75, 3.05) is 18.0 Å². The predicted molar refractivity (Wildman–Crippen MR) is 73.6 cm³/mol. The molecule has 0 amide bonds. The van der Waals surface area contributed by atoms with Gasteiger partial charge in [0.25, 0.3) is 0 Å². The lowest BCUT2D eigenvalue weighted by molar-refractivity contribution is 0.949. The van der Waals surface area contributed by atoms with Crippen LogP contribution in [0, 0.1) is 6.92 Å². The molecule has 1 saturated heterocycles. The Kier molecular flexibility index (Phi) is 3.67. The number of aromatic amines is 1. The van der Waals surface area contributed by atoms with E-state index < -0.39 is 0 Å². The van der Waals surface area contributed by atoms with Crippen molar-refractivity contribution in [3.8, 4) is 0 Å². The topological polar surface area (TPSA) is 31.9 Å². The number of nitrogens with zero attached hydrogens (tertiary/aromatic N) is 2. The molecule has 3 heteroatoms. The Bertz CT molecular complexity index is 481. The number of anilines is 1. The van der Waals surface area contributed by atoms with Crippen molar-refractivity contribution in [2.24, 2.45) is 0 Å². The summed E-state index contributed by atoms with van der Waals surface area (Å²) in [7, 11) is 0. The van der Waals surface area contributed by atoms with Crippen LogP contribution >= 0.6 is 0 Å². The van der Waals surface area contributed by atoms with Gasteiger partial charge in [0, 0.05) is 24.7 Å². The molecule has 1 N–H and O–H groups in total. The summed E-state index contributed by atoms with van der Waals surface area (Å²) >= 11 is 0. The summed E-state index contributed by atoms with van der Waals surface area (Å²) < 4.78 is 0. The monoisotopic (exact) mass is 231 g/mol. The van der Waals surface area contributed by atoms with Gasteiger partial charge in [0.2, 0.25) is 0 Å². The third kappa shape index (κ3) is 2.28. The van der Waals surface area contributed by atoms with Crippen LogP contribution in [0.5, 0.6) is 0 Å². The number of fused-ring (bicyclic) bond motifs is 1. The first-order valence-electron chi connectivity index (χ1n) is 6.53. The molecule has 3 rings (SSSR count). The van der Waals surface area contributed by atoms with Gasteiger partial charge in [0.1, 0.15) is 5.65 Å². The van der Waals surface area contributed by atoms with Crippen LogP contribution in [-0.2, 0) is 0 Å². The largest absolute Gasteiger partial charge is 0.370 e. The van der Waals surface area contributed by atoms with Gasteiger partial charge in [-0.25, -0.2) is 4.98 Å². The van der Waals surface area contributed by atoms with Crippen LogP contribution in [-0.4, -0.2) is 23.1 Å². The van der Waals surface area contributed by atoms with Gasteiger partial charge in [0.15, 0.2) is 0 Å². The Labute approximate surface area is 103 Å². The van der Waals surface area contributed by atoms with Crippen LogP contribution in [0.4, 0.5) is 5.69 Å². The van der Waals surface area contributed by atoms with Gasteiger partial charge in [-0.2, -0.15) is 0 Å². The Balaban J connectivity index is 0.000000514. The minimum absolute atomic E-state index is 0.996. The maximum Gasteiger partial charge on any atom is 0.137 e. The van der Waals surface area contributed by atoms with Crippen LogP contribution in [0.1, 0.15) is 32.3 Å². The van der Waals surface area contributed by atoms with E-state index in [1.54, 1.807) is 0 Å². The standard InChI is InChI=1S/C12H15N3.C2H6/c1-9-7-13-12-11(9)6-10(8-14-12)15-4-2-3-5-15;1-2/h6-8H,2-5H2,1H3,(H,13,14);1-2H3. The molecule has 0 aromatic carbocycles. The van der Waals surface area contributed by atoms with E-state index in [0.717, 1.165) is 5.65 Å². The van der Waals surface area contributed by atoms with Gasteiger partial charge in [-0.1, -0.05) is 13.8 Å². The molecule has 1 aliphatic heterocycles. The summed E-state index contributed by atoms with van der Waals surface area (Å²) in [6.45, 7) is 8.47. The van der Waals surface area contributed by atoms with Crippen molar-refractivity contribution in [3.05, 3.63) is 24.0 Å². The summed E-state index contributed by atoms with van der Waals surface area (Å²) in [6.07, 6.45) is 6.61. The molecule has 0 unspecified atom stereocenters. The number of nitrogens with one attached hydrogen (secondary N) is 1. The lowest BCUT2D eigenvalue weighted by Crippen LogP contribution is -2.17. The summed E-state index contributed by atoms with van der Waals surface area (Å²) in [5.74, 6) is 0. The van der Waals surface area contributed by atoms with Gasteiger partial charge < -0.3 is 9.88 Å². The van der Waals surface area contributed by atoms with Crippen LogP contribution in [0.3, 0.4) is 0 Å². The summed E-state index contributed by atoms with van der Waals surface area (Å²) in [4.78, 5) is 10.0. The summed E-state index contributed by atoms with van der Waals surface area (Å²) in [5, 5.41) is 1.25. The maximum absolute atomic E-state index is 4.45. The first-order chi connectivity index (χ1) is 8.34. The second kappa shape index (κ2) is 5.21. The van der Waals surface area contributed by atoms with Crippen molar-refractivity contribution in [1.29, 1.82) is 0 Å². The zero-order valence-corrected chi connectivity index (χ0v) is 11.0. The molecule has 92 valence electrons. The molecule has 17 heavy (non-hydrogen) atoms. The highest BCUT2D eigenvalue weighted by Crippen LogP contribution is 2.24. The van der Waals surface area contributed by atoms with Crippen molar-refractivity contribution >= 4 is 16.7 Å². The van der Waals surface area contributed by atoms with E-state index >= 15 is 0 Å². The number of hydrogen-bond donors (Lipinski definition) is 1. The van der Waals surface area contributed by atoms with Gasteiger partial charge >= 0.3 is 0 Å². The lowest BCUT2D eigenvalue weighted by Gasteiger charge is -2.16. The van der Waals surface area contributed by atoms with E-state index in [-0.39, 0.29) is 0 Å². The van der Waals surface area contributed by atoms with Crippen LogP contribution < -0.4 is 4.90 Å². The Morgan fingerprint density at radius 1 is 1.24 bits per heavy atom. The van der Waals surface area contributed by atoms with Crippen molar-refractivity contribution in [3.63, 3.8) is 0 Å². The van der Waals surface area contributed by atoms with E-state index in [1.165, 1.54) is 42.6 Å². The molecule has 0 aliphatic carbocycles. The van der Waals surface area contributed by atoms with Crippen molar-refractivity contribution in [1.82, 2.24) is 9.97 Å². The average Bonchev–Trinajstić information content (AvgIpc) is 3.02. The third-order valence-corrected chi connectivity index (χ3v) is 3.19. The number of hydrogen-bond acceptors (Lipinski definition) is 2. The molecule has 0 atom stereocenters. The number of rotatable bonds is 1. The van der Waals surface area contributed by atoms with E-state index in [2.05, 4.69) is 27.9 Å². The Hall–Kier alpha value is -1.51. The smallest absolute Gasteiger partial charge is 0.137 e. The van der Waals surface area contributed by atoms with E-state index in [9.17, 15) is 0 Å². The van der Waals surface area contributed by atoms with Crippen LogP contribution in [0.25, 0.3) is 11.0 Å². The zero-order chi connectivity index (χ0) is 12.3. The molecule has 3 nitrogen and oxygen atoms in total. The summed E-state index contributed by atoms with van der Waals surface area (Å²) in [6, 6.07) is 2.25. The lowest BCUT2D eigenvalue weighted by atomic mass is 10.2. The molecular formula is C14H21N3. The number of H-pyrrole nitrogens is 1. The zero-order valence-electron chi connectivity index (χ0n) is 11.0. The fourth-order valence-electron chi connectivity index (χ4n) is 2.27. The average molecular weight is 231 g/mol. The molecule has 0 spiro atoms. The van der Waals surface area contributed by atoms with Gasteiger partial charge in [-0.3, -0.25) is 0 Å². The highest BCUT2D eigenvalue weighted by atomic mass is 15.1. The molecule has 0 bridgehead atoms. The summed E-state index contributed by atoms with van der Waals surface area (Å²) in [5.41, 5.74) is 3.54. The van der Waals surface area contributed by atoms with E-state index in [1.807, 2.05) is 26.2 Å². The maximum atomic E-state index is 4.45. The van der Waals surface area contributed by atoms with Crippen LogP contribution in [0.15, 0.2) is 18.5 Å². The number of pyridine rings is 1. The van der Waals surface area contributed by atoms with Gasteiger partial charge in [-0.15, -0.1) is 0 Å². The molecule has 3 heterocycles. The predicted octanol–water partition coefficient (Wildman–Crippen LogP) is 3.50. The quantitative estimate of drug-likeness (QED) is 0.814. The second-order valence-corrected chi connectivity index (χ2v) is 4.26. The highest BCUT2D eigenvalue weighted by Gasteiger charge is 2.13. The molecular weight excluding hydrogens is 210 g/mol. The van der Waals surface area contributed by atoms with E-state index in [4.69, 9.17) is 0 Å². The fourth-order valence-corrected chi connectivity index (χ4v) is 2.27.